The monoisotopic (exact) mass is 190 g/mol. The maximum atomic E-state index is 9.85. The molecule has 0 amide bonds. The molecule has 1 saturated carbocycles. The van der Waals surface area contributed by atoms with E-state index in [4.69, 9.17) is 15.9 Å². The highest BCUT2D eigenvalue weighted by Crippen LogP contribution is 2.19. The summed E-state index contributed by atoms with van der Waals surface area (Å²) in [6, 6.07) is 0.252. The van der Waals surface area contributed by atoms with Crippen LogP contribution in [0, 0.1) is 4.91 Å². The van der Waals surface area contributed by atoms with E-state index < -0.39 is 5.79 Å². The second-order valence-electron chi connectivity index (χ2n) is 3.83. The lowest BCUT2D eigenvalue weighted by Crippen LogP contribution is -2.15. The van der Waals surface area contributed by atoms with Gasteiger partial charge in [0.1, 0.15) is 0 Å². The lowest BCUT2D eigenvalue weighted by molar-refractivity contribution is -0.127. The van der Waals surface area contributed by atoms with Crippen molar-refractivity contribution >= 4 is 0 Å². The quantitative estimate of drug-likeness (QED) is 0.410. The van der Waals surface area contributed by atoms with Gasteiger partial charge in [0.05, 0.1) is 6.04 Å². The summed E-state index contributed by atoms with van der Waals surface area (Å²) in [5.74, 6) is -1.50. The molecule has 5 heteroatoms. The molecule has 0 aromatic rings. The van der Waals surface area contributed by atoms with E-state index in [1.807, 2.05) is 0 Å². The van der Waals surface area contributed by atoms with Crippen LogP contribution in [0.4, 0.5) is 0 Å². The van der Waals surface area contributed by atoms with Crippen LogP contribution in [0.2, 0.25) is 0 Å². The second kappa shape index (κ2) is 5.26. The maximum Gasteiger partial charge on any atom is 0.156 e. The molecule has 0 radical (unpaired) electrons. The second-order valence-corrected chi connectivity index (χ2v) is 3.83. The average molecular weight is 190 g/mol. The molecule has 0 aromatic heterocycles. The highest BCUT2D eigenvalue weighted by Gasteiger charge is 2.21. The van der Waals surface area contributed by atoms with Gasteiger partial charge in [-0.25, -0.2) is 0 Å². The zero-order valence-corrected chi connectivity index (χ0v) is 8.10. The zero-order chi connectivity index (χ0) is 10.5. The number of nitroso groups, excluding NO2 is 1. The van der Waals surface area contributed by atoms with Crippen molar-refractivity contribution < 1.29 is 10.2 Å². The maximum absolute atomic E-state index is 9.85. The number of hydrogen-bond acceptors (Lipinski definition) is 5. The van der Waals surface area contributed by atoms with Crippen LogP contribution in [0.5, 0.6) is 0 Å². The Morgan fingerprint density at radius 2 is 1.85 bits per heavy atom. The highest BCUT2D eigenvalue weighted by atomic mass is 16.5. The molecule has 0 bridgehead atoms. The van der Waals surface area contributed by atoms with Crippen LogP contribution in [0.3, 0.4) is 0 Å². The van der Waals surface area contributed by atoms with E-state index in [9.17, 15) is 4.91 Å². The minimum atomic E-state index is -1.50. The third-order valence-corrected chi connectivity index (χ3v) is 1.59. The number of hydrogen-bond donors (Lipinski definition) is 3. The Morgan fingerprint density at radius 3 is 2.00 bits per heavy atom. The molecule has 2 atom stereocenters. The van der Waals surface area contributed by atoms with Crippen molar-refractivity contribution in [3.05, 3.63) is 4.91 Å². The fourth-order valence-electron chi connectivity index (χ4n) is 1.09. The lowest BCUT2D eigenvalue weighted by Gasteiger charge is -2.03. The van der Waals surface area contributed by atoms with Crippen LogP contribution in [0.25, 0.3) is 0 Å². The summed E-state index contributed by atoms with van der Waals surface area (Å²) in [6.07, 6.45) is 2.66. The number of rotatable bonds is 1. The minimum absolute atomic E-state index is 0.0185. The van der Waals surface area contributed by atoms with Gasteiger partial charge in [0.25, 0.3) is 0 Å². The van der Waals surface area contributed by atoms with Crippen molar-refractivity contribution in [2.45, 2.75) is 51.0 Å². The van der Waals surface area contributed by atoms with Crippen LogP contribution in [0.15, 0.2) is 5.18 Å². The van der Waals surface area contributed by atoms with Crippen molar-refractivity contribution in [1.29, 1.82) is 0 Å². The van der Waals surface area contributed by atoms with Gasteiger partial charge < -0.3 is 15.9 Å². The summed E-state index contributed by atoms with van der Waals surface area (Å²) in [4.78, 5) is 9.85. The normalized spacial score (nSPS) is 27.8. The number of nitrogens with zero attached hydrogens (tertiary/aromatic N) is 1. The topological polar surface area (TPSA) is 95.9 Å². The van der Waals surface area contributed by atoms with E-state index in [0.717, 1.165) is 19.3 Å². The Morgan fingerprint density at radius 1 is 1.38 bits per heavy atom. The van der Waals surface area contributed by atoms with Gasteiger partial charge in [-0.3, -0.25) is 0 Å². The van der Waals surface area contributed by atoms with Crippen molar-refractivity contribution in [1.82, 2.24) is 0 Å². The fraction of sp³-hybridized carbons (Fsp3) is 1.00. The van der Waals surface area contributed by atoms with Gasteiger partial charge in [-0.1, -0.05) is 5.18 Å². The Balaban J connectivity index is 0.000000252. The molecule has 1 aliphatic rings. The summed E-state index contributed by atoms with van der Waals surface area (Å²) < 4.78 is 0. The zero-order valence-electron chi connectivity index (χ0n) is 8.10. The van der Waals surface area contributed by atoms with Crippen LogP contribution in [-0.2, 0) is 0 Å². The smallest absolute Gasteiger partial charge is 0.156 e. The Bertz CT molecular complexity index is 150. The first-order valence-corrected chi connectivity index (χ1v) is 4.35. The van der Waals surface area contributed by atoms with E-state index in [-0.39, 0.29) is 12.1 Å². The molecule has 1 aliphatic carbocycles. The van der Waals surface area contributed by atoms with E-state index >= 15 is 0 Å². The van der Waals surface area contributed by atoms with Crippen molar-refractivity contribution in [2.75, 3.05) is 0 Å². The highest BCUT2D eigenvalue weighted by molar-refractivity contribution is 4.81. The van der Waals surface area contributed by atoms with Gasteiger partial charge in [-0.2, -0.15) is 4.91 Å². The van der Waals surface area contributed by atoms with Gasteiger partial charge in [-0.15, -0.1) is 0 Å². The predicted octanol–water partition coefficient (Wildman–Crippen LogP) is 0.340. The van der Waals surface area contributed by atoms with E-state index in [2.05, 4.69) is 5.18 Å². The van der Waals surface area contributed by atoms with Gasteiger partial charge in [-0.05, 0) is 33.1 Å². The summed E-state index contributed by atoms with van der Waals surface area (Å²) in [5.41, 5.74) is 5.50. The molecule has 0 aliphatic heterocycles. The molecule has 4 N–H and O–H groups in total. The summed E-state index contributed by atoms with van der Waals surface area (Å²) in [7, 11) is 0. The van der Waals surface area contributed by atoms with Gasteiger partial charge in [0.2, 0.25) is 0 Å². The van der Waals surface area contributed by atoms with Crippen molar-refractivity contribution in [2.24, 2.45) is 10.9 Å². The molecule has 0 heterocycles. The van der Waals surface area contributed by atoms with E-state index in [0.29, 0.717) is 0 Å². The van der Waals surface area contributed by atoms with Crippen LogP contribution < -0.4 is 5.73 Å². The number of nitrogens with two attached hydrogens (primary N) is 1. The first-order valence-electron chi connectivity index (χ1n) is 4.35. The molecule has 1 fully saturated rings. The van der Waals surface area contributed by atoms with Gasteiger partial charge in [0, 0.05) is 6.04 Å². The molecular weight excluding hydrogens is 172 g/mol. The van der Waals surface area contributed by atoms with Crippen LogP contribution >= 0.6 is 0 Å². The van der Waals surface area contributed by atoms with E-state index in [1.165, 1.54) is 13.8 Å². The van der Waals surface area contributed by atoms with E-state index in [1.54, 1.807) is 0 Å². The van der Waals surface area contributed by atoms with Crippen LogP contribution in [-0.4, -0.2) is 28.1 Å². The molecule has 78 valence electrons. The first-order chi connectivity index (χ1) is 5.83. The molecular formula is C8H18N2O3. The molecule has 2 unspecified atom stereocenters. The van der Waals surface area contributed by atoms with Gasteiger partial charge in [0.15, 0.2) is 5.79 Å². The molecule has 0 aromatic carbocycles. The lowest BCUT2D eigenvalue weighted by atomic mass is 10.2. The molecule has 5 nitrogen and oxygen atoms in total. The van der Waals surface area contributed by atoms with Crippen LogP contribution in [0.1, 0.15) is 33.1 Å². The Kier molecular flexibility index (Phi) is 5.05. The van der Waals surface area contributed by atoms with Crippen molar-refractivity contribution in [3.63, 3.8) is 0 Å². The van der Waals surface area contributed by atoms with Crippen molar-refractivity contribution in [3.8, 4) is 0 Å². The standard InChI is InChI=1S/C5H10N2O.C3H8O2/c6-4-1-2-5(3-4)7-8;1-3(2,4)5/h4-5H,1-3,6H2;4-5H,1-2H3. The predicted molar refractivity (Wildman–Crippen MR) is 49.9 cm³/mol. The largest absolute Gasteiger partial charge is 0.366 e. The summed E-state index contributed by atoms with van der Waals surface area (Å²) in [6.45, 7) is 2.60. The third-order valence-electron chi connectivity index (χ3n) is 1.59. The molecule has 0 saturated heterocycles. The molecule has 0 spiro atoms. The van der Waals surface area contributed by atoms with Gasteiger partial charge >= 0.3 is 0 Å². The summed E-state index contributed by atoms with van der Waals surface area (Å²) in [5, 5.41) is 19.1. The average Bonchev–Trinajstić information content (AvgIpc) is 2.31. The summed E-state index contributed by atoms with van der Waals surface area (Å²) >= 11 is 0. The Hall–Kier alpha value is -0.520. The fourth-order valence-corrected chi connectivity index (χ4v) is 1.09. The first kappa shape index (κ1) is 12.5. The SMILES string of the molecule is CC(C)(O)O.NC1CCC(N=O)C1. The Labute approximate surface area is 77.9 Å². The number of aliphatic hydroxyl groups is 2. The molecule has 13 heavy (non-hydrogen) atoms. The molecule has 1 rings (SSSR count). The third kappa shape index (κ3) is 9.39. The minimum Gasteiger partial charge on any atom is -0.366 e.